The standard InChI is InChI=1S/C23H22ClFN2O/c24-21-14-19(8-9-22(21)25)26-23(28)17-10-12-27(13-11-17)15-18-6-3-5-16-4-1-2-7-20(16)18/h1-9,14,17H,10-13,15H2,(H,26,28). The van der Waals surface area contributed by atoms with E-state index in [1.807, 2.05) is 0 Å². The number of carbonyl (C=O) groups is 1. The van der Waals surface area contributed by atoms with Crippen LogP contribution in [0.25, 0.3) is 10.8 Å². The summed E-state index contributed by atoms with van der Waals surface area (Å²) in [5.41, 5.74) is 1.86. The second-order valence-electron chi connectivity index (χ2n) is 7.31. The SMILES string of the molecule is O=C(Nc1ccc(F)c(Cl)c1)C1CCN(Cc2cccc3ccccc23)CC1. The van der Waals surface area contributed by atoms with Crippen molar-refractivity contribution in [3.63, 3.8) is 0 Å². The van der Waals surface area contributed by atoms with Crippen LogP contribution < -0.4 is 5.32 Å². The first-order chi connectivity index (χ1) is 13.6. The molecule has 0 saturated carbocycles. The van der Waals surface area contributed by atoms with Gasteiger partial charge in [0, 0.05) is 18.2 Å². The molecule has 1 N–H and O–H groups in total. The van der Waals surface area contributed by atoms with Crippen LogP contribution in [0, 0.1) is 11.7 Å². The minimum absolute atomic E-state index is 0.0164. The maximum Gasteiger partial charge on any atom is 0.227 e. The highest BCUT2D eigenvalue weighted by Gasteiger charge is 2.25. The van der Waals surface area contributed by atoms with E-state index in [4.69, 9.17) is 11.6 Å². The molecule has 1 aliphatic heterocycles. The Kier molecular flexibility index (Phi) is 5.60. The van der Waals surface area contributed by atoms with Gasteiger partial charge < -0.3 is 5.32 Å². The van der Waals surface area contributed by atoms with Gasteiger partial charge in [-0.1, -0.05) is 54.1 Å². The van der Waals surface area contributed by atoms with Gasteiger partial charge in [0.05, 0.1) is 5.02 Å². The molecule has 3 nitrogen and oxygen atoms in total. The van der Waals surface area contributed by atoms with Gasteiger partial charge in [0.25, 0.3) is 0 Å². The molecule has 0 bridgehead atoms. The zero-order valence-electron chi connectivity index (χ0n) is 15.5. The van der Waals surface area contributed by atoms with Crippen LogP contribution in [-0.4, -0.2) is 23.9 Å². The summed E-state index contributed by atoms with van der Waals surface area (Å²) in [5, 5.41) is 5.42. The fourth-order valence-electron chi connectivity index (χ4n) is 3.84. The Morgan fingerprint density at radius 2 is 1.82 bits per heavy atom. The van der Waals surface area contributed by atoms with Crippen LogP contribution in [0.1, 0.15) is 18.4 Å². The van der Waals surface area contributed by atoms with Gasteiger partial charge in [-0.25, -0.2) is 4.39 Å². The third-order valence-corrected chi connectivity index (χ3v) is 5.71. The van der Waals surface area contributed by atoms with E-state index in [0.717, 1.165) is 32.5 Å². The van der Waals surface area contributed by atoms with Crippen LogP contribution in [0.5, 0.6) is 0 Å². The van der Waals surface area contributed by atoms with Crippen LogP contribution in [0.2, 0.25) is 5.02 Å². The minimum Gasteiger partial charge on any atom is -0.326 e. The zero-order valence-corrected chi connectivity index (χ0v) is 16.3. The molecule has 5 heteroatoms. The summed E-state index contributed by atoms with van der Waals surface area (Å²) in [7, 11) is 0. The minimum atomic E-state index is -0.485. The average molecular weight is 397 g/mol. The van der Waals surface area contributed by atoms with Crippen molar-refractivity contribution in [2.24, 2.45) is 5.92 Å². The molecule has 1 heterocycles. The number of nitrogens with zero attached hydrogens (tertiary/aromatic N) is 1. The van der Waals surface area contributed by atoms with Crippen LogP contribution in [0.15, 0.2) is 60.7 Å². The Morgan fingerprint density at radius 1 is 1.07 bits per heavy atom. The van der Waals surface area contributed by atoms with Crippen molar-refractivity contribution >= 4 is 34.0 Å². The molecular weight excluding hydrogens is 375 g/mol. The van der Waals surface area contributed by atoms with E-state index in [1.165, 1.54) is 34.5 Å². The number of rotatable bonds is 4. The van der Waals surface area contributed by atoms with Crippen molar-refractivity contribution in [3.05, 3.63) is 77.1 Å². The van der Waals surface area contributed by atoms with Crippen LogP contribution in [0.4, 0.5) is 10.1 Å². The number of hydrogen-bond acceptors (Lipinski definition) is 2. The van der Waals surface area contributed by atoms with E-state index >= 15 is 0 Å². The van der Waals surface area contributed by atoms with Gasteiger partial charge in [-0.15, -0.1) is 0 Å². The first kappa shape index (κ1) is 18.9. The van der Waals surface area contributed by atoms with Gasteiger partial charge in [-0.05, 0) is 60.5 Å². The van der Waals surface area contributed by atoms with E-state index in [1.54, 1.807) is 0 Å². The number of halogens is 2. The number of anilines is 1. The lowest BCUT2D eigenvalue weighted by atomic mass is 9.95. The first-order valence-corrected chi connectivity index (χ1v) is 9.93. The molecule has 1 fully saturated rings. The summed E-state index contributed by atoms with van der Waals surface area (Å²) in [5.74, 6) is -0.540. The van der Waals surface area contributed by atoms with E-state index < -0.39 is 5.82 Å². The Hall–Kier alpha value is -2.43. The van der Waals surface area contributed by atoms with Crippen LogP contribution in [0.3, 0.4) is 0 Å². The Balaban J connectivity index is 1.35. The first-order valence-electron chi connectivity index (χ1n) is 9.55. The third-order valence-electron chi connectivity index (χ3n) is 5.42. The van der Waals surface area contributed by atoms with Crippen molar-refractivity contribution in [1.29, 1.82) is 0 Å². The molecule has 3 aromatic carbocycles. The molecule has 0 spiro atoms. The molecule has 28 heavy (non-hydrogen) atoms. The molecule has 144 valence electrons. The van der Waals surface area contributed by atoms with Crippen molar-refractivity contribution < 1.29 is 9.18 Å². The number of hydrogen-bond donors (Lipinski definition) is 1. The fraction of sp³-hybridized carbons (Fsp3) is 0.261. The average Bonchev–Trinajstić information content (AvgIpc) is 2.71. The summed E-state index contributed by atoms with van der Waals surface area (Å²) in [6.07, 6.45) is 1.62. The van der Waals surface area contributed by atoms with E-state index in [0.29, 0.717) is 5.69 Å². The molecule has 0 unspecified atom stereocenters. The summed E-state index contributed by atoms with van der Waals surface area (Å²) in [6, 6.07) is 19.1. The topological polar surface area (TPSA) is 32.3 Å². The van der Waals surface area contributed by atoms with E-state index in [2.05, 4.69) is 52.7 Å². The van der Waals surface area contributed by atoms with Crippen LogP contribution >= 0.6 is 11.6 Å². The highest BCUT2D eigenvalue weighted by Crippen LogP contribution is 2.25. The maximum atomic E-state index is 13.3. The number of carbonyl (C=O) groups excluding carboxylic acids is 1. The van der Waals surface area contributed by atoms with Crippen molar-refractivity contribution in [1.82, 2.24) is 4.90 Å². The number of amides is 1. The molecular formula is C23H22ClFN2O. The summed E-state index contributed by atoms with van der Waals surface area (Å²) < 4.78 is 13.3. The molecule has 1 saturated heterocycles. The Labute approximate surface area is 169 Å². The van der Waals surface area contributed by atoms with Gasteiger partial charge in [-0.2, -0.15) is 0 Å². The maximum absolute atomic E-state index is 13.3. The summed E-state index contributed by atoms with van der Waals surface area (Å²) in [6.45, 7) is 2.65. The lowest BCUT2D eigenvalue weighted by Gasteiger charge is -2.31. The highest BCUT2D eigenvalue weighted by atomic mass is 35.5. The molecule has 0 atom stereocenters. The molecule has 0 radical (unpaired) electrons. The molecule has 0 aliphatic carbocycles. The van der Waals surface area contributed by atoms with Crippen LogP contribution in [-0.2, 0) is 11.3 Å². The van der Waals surface area contributed by atoms with Crippen molar-refractivity contribution in [2.45, 2.75) is 19.4 Å². The number of likely N-dealkylation sites (tertiary alicyclic amines) is 1. The highest BCUT2D eigenvalue weighted by molar-refractivity contribution is 6.31. The normalized spacial score (nSPS) is 15.6. The molecule has 0 aromatic heterocycles. The predicted molar refractivity (Wildman–Crippen MR) is 112 cm³/mol. The largest absolute Gasteiger partial charge is 0.326 e. The third kappa shape index (κ3) is 4.18. The molecule has 1 amide bonds. The number of nitrogens with one attached hydrogen (secondary N) is 1. The fourth-order valence-corrected chi connectivity index (χ4v) is 4.02. The monoisotopic (exact) mass is 396 g/mol. The zero-order chi connectivity index (χ0) is 19.5. The van der Waals surface area contributed by atoms with Gasteiger partial charge in [0.1, 0.15) is 5.82 Å². The number of fused-ring (bicyclic) bond motifs is 1. The predicted octanol–water partition coefficient (Wildman–Crippen LogP) is 5.48. The summed E-state index contributed by atoms with van der Waals surface area (Å²) in [4.78, 5) is 14.9. The van der Waals surface area contributed by atoms with Crippen molar-refractivity contribution in [2.75, 3.05) is 18.4 Å². The lowest BCUT2D eigenvalue weighted by Crippen LogP contribution is -2.37. The van der Waals surface area contributed by atoms with E-state index in [9.17, 15) is 9.18 Å². The second kappa shape index (κ2) is 8.29. The number of benzene rings is 3. The second-order valence-corrected chi connectivity index (χ2v) is 7.71. The van der Waals surface area contributed by atoms with Crippen molar-refractivity contribution in [3.8, 4) is 0 Å². The quantitative estimate of drug-likeness (QED) is 0.633. The molecule has 1 aliphatic rings. The van der Waals surface area contributed by atoms with Gasteiger partial charge in [-0.3, -0.25) is 9.69 Å². The Bertz CT molecular complexity index is 994. The number of piperidine rings is 1. The molecule has 3 aromatic rings. The van der Waals surface area contributed by atoms with Gasteiger partial charge in [0.15, 0.2) is 0 Å². The van der Waals surface area contributed by atoms with Gasteiger partial charge >= 0.3 is 0 Å². The van der Waals surface area contributed by atoms with Gasteiger partial charge in [0.2, 0.25) is 5.91 Å². The Morgan fingerprint density at radius 3 is 2.61 bits per heavy atom. The van der Waals surface area contributed by atoms with E-state index in [-0.39, 0.29) is 16.8 Å². The smallest absolute Gasteiger partial charge is 0.227 e. The lowest BCUT2D eigenvalue weighted by molar-refractivity contribution is -0.121. The molecule has 4 rings (SSSR count). The summed E-state index contributed by atoms with van der Waals surface area (Å²) >= 11 is 5.79.